The Bertz CT molecular complexity index is 926. The zero-order chi connectivity index (χ0) is 20.4. The van der Waals surface area contributed by atoms with Gasteiger partial charge in [0, 0.05) is 17.3 Å². The Balaban J connectivity index is 1.49. The fourth-order valence-corrected chi connectivity index (χ4v) is 4.40. The molecule has 2 aromatic carbocycles. The molecular formula is C25H28F2N2. The summed E-state index contributed by atoms with van der Waals surface area (Å²) in [6, 6.07) is 10.5. The van der Waals surface area contributed by atoms with Crippen LogP contribution in [0.2, 0.25) is 0 Å². The van der Waals surface area contributed by atoms with Crippen molar-refractivity contribution in [2.45, 2.75) is 52.4 Å². The van der Waals surface area contributed by atoms with E-state index in [0.717, 1.165) is 30.4 Å². The number of amidine groups is 1. The van der Waals surface area contributed by atoms with Gasteiger partial charge in [-0.3, -0.25) is 4.99 Å². The molecule has 0 N–H and O–H groups in total. The maximum atomic E-state index is 14.8. The summed E-state index contributed by atoms with van der Waals surface area (Å²) in [5.41, 5.74) is 2.82. The predicted molar refractivity (Wildman–Crippen MR) is 116 cm³/mol. The van der Waals surface area contributed by atoms with Gasteiger partial charge in [0.15, 0.2) is 5.84 Å². The third-order valence-corrected chi connectivity index (χ3v) is 6.39. The highest BCUT2D eigenvalue weighted by Crippen LogP contribution is 2.39. The predicted octanol–water partition coefficient (Wildman–Crippen LogP) is 6.61. The van der Waals surface area contributed by atoms with Gasteiger partial charge in [-0.25, -0.2) is 13.8 Å². The molecule has 0 saturated heterocycles. The molecule has 4 heteroatoms. The molecule has 152 valence electrons. The molecule has 0 atom stereocenters. The van der Waals surface area contributed by atoms with E-state index in [0.29, 0.717) is 35.7 Å². The van der Waals surface area contributed by atoms with E-state index in [1.807, 2.05) is 24.3 Å². The van der Waals surface area contributed by atoms with Gasteiger partial charge in [0.05, 0.1) is 6.54 Å². The van der Waals surface area contributed by atoms with Gasteiger partial charge in [-0.05, 0) is 79.2 Å². The summed E-state index contributed by atoms with van der Waals surface area (Å²) in [7, 11) is 0. The second-order valence-corrected chi connectivity index (χ2v) is 9.12. The molecule has 0 spiro atoms. The zero-order valence-electron chi connectivity index (χ0n) is 17.2. The van der Waals surface area contributed by atoms with E-state index in [9.17, 15) is 8.78 Å². The minimum Gasteiger partial charge on any atom is -0.260 e. The van der Waals surface area contributed by atoms with Gasteiger partial charge in [0.2, 0.25) is 0 Å². The lowest BCUT2D eigenvalue weighted by atomic mass is 9.72. The zero-order valence-corrected chi connectivity index (χ0v) is 17.2. The number of hydrogen-bond donors (Lipinski definition) is 0. The normalized spacial score (nSPS) is 18.8. The Morgan fingerprint density at radius 2 is 1.66 bits per heavy atom. The first kappa shape index (κ1) is 19.9. The Morgan fingerprint density at radius 3 is 2.31 bits per heavy atom. The summed E-state index contributed by atoms with van der Waals surface area (Å²) in [6.45, 7) is 5.19. The number of benzene rings is 2. The SMILES string of the molecule is CC1(C)CCC(CCc2c(F)cc(-c3cccc(C4=NCC=N4)c3)cc2F)CC1. The van der Waals surface area contributed by atoms with Gasteiger partial charge in [-0.15, -0.1) is 0 Å². The van der Waals surface area contributed by atoms with Crippen LogP contribution in [0, 0.1) is 23.0 Å². The summed E-state index contributed by atoms with van der Waals surface area (Å²) in [4.78, 5) is 8.56. The number of halogens is 2. The van der Waals surface area contributed by atoms with Crippen LogP contribution in [0.25, 0.3) is 11.1 Å². The van der Waals surface area contributed by atoms with Crippen molar-refractivity contribution in [3.05, 3.63) is 59.2 Å². The first-order valence-corrected chi connectivity index (χ1v) is 10.6. The molecule has 0 amide bonds. The quantitative estimate of drug-likeness (QED) is 0.545. The van der Waals surface area contributed by atoms with E-state index in [1.54, 1.807) is 6.21 Å². The van der Waals surface area contributed by atoms with Crippen LogP contribution in [0.1, 0.15) is 57.1 Å². The molecule has 0 aromatic heterocycles. The molecule has 1 heterocycles. The average molecular weight is 395 g/mol. The Morgan fingerprint density at radius 1 is 0.966 bits per heavy atom. The third kappa shape index (κ3) is 4.63. The van der Waals surface area contributed by atoms with Crippen molar-refractivity contribution in [1.82, 2.24) is 0 Å². The van der Waals surface area contributed by atoms with Crippen LogP contribution in [0.5, 0.6) is 0 Å². The fraction of sp³-hybridized carbons (Fsp3) is 0.440. The molecule has 4 rings (SSSR count). The van der Waals surface area contributed by atoms with E-state index >= 15 is 0 Å². The molecule has 1 saturated carbocycles. The van der Waals surface area contributed by atoms with Crippen LogP contribution in [0.15, 0.2) is 46.4 Å². The molecular weight excluding hydrogens is 366 g/mol. The Hall–Kier alpha value is -2.36. The summed E-state index contributed by atoms with van der Waals surface area (Å²) < 4.78 is 29.6. The lowest BCUT2D eigenvalue weighted by molar-refractivity contribution is 0.185. The van der Waals surface area contributed by atoms with E-state index in [4.69, 9.17) is 0 Å². The number of rotatable bonds is 5. The van der Waals surface area contributed by atoms with Crippen molar-refractivity contribution < 1.29 is 8.78 Å². The van der Waals surface area contributed by atoms with E-state index in [-0.39, 0.29) is 5.56 Å². The van der Waals surface area contributed by atoms with Gasteiger partial charge in [-0.1, -0.05) is 32.0 Å². The van der Waals surface area contributed by atoms with Crippen molar-refractivity contribution in [1.29, 1.82) is 0 Å². The highest BCUT2D eigenvalue weighted by Gasteiger charge is 2.27. The fourth-order valence-electron chi connectivity index (χ4n) is 4.40. The molecule has 1 fully saturated rings. The van der Waals surface area contributed by atoms with Gasteiger partial charge in [0.1, 0.15) is 11.6 Å². The van der Waals surface area contributed by atoms with Crippen molar-refractivity contribution in [3.8, 4) is 11.1 Å². The van der Waals surface area contributed by atoms with Gasteiger partial charge < -0.3 is 0 Å². The third-order valence-electron chi connectivity index (χ3n) is 6.39. The average Bonchev–Trinajstić information content (AvgIpc) is 3.23. The molecule has 1 aliphatic heterocycles. The van der Waals surface area contributed by atoms with Gasteiger partial charge in [-0.2, -0.15) is 0 Å². The van der Waals surface area contributed by atoms with Crippen molar-refractivity contribution in [3.63, 3.8) is 0 Å². The Labute approximate surface area is 171 Å². The lowest BCUT2D eigenvalue weighted by Crippen LogP contribution is -2.21. The van der Waals surface area contributed by atoms with Gasteiger partial charge >= 0.3 is 0 Å². The standard InChI is InChI=1S/C25H28F2N2/c1-25(2)10-8-17(9-11-25)6-7-21-22(26)15-20(16-23(21)27)18-4-3-5-19(14-18)24-28-12-13-29-24/h3-5,12,14-17H,6-11,13H2,1-2H3. The van der Waals surface area contributed by atoms with Crippen molar-refractivity contribution in [2.75, 3.05) is 6.54 Å². The summed E-state index contributed by atoms with van der Waals surface area (Å²) in [6.07, 6.45) is 7.80. The first-order chi connectivity index (χ1) is 13.9. The number of hydrogen-bond acceptors (Lipinski definition) is 2. The monoisotopic (exact) mass is 394 g/mol. The summed E-state index contributed by atoms with van der Waals surface area (Å²) in [5, 5.41) is 0. The maximum Gasteiger partial charge on any atom is 0.154 e. The molecule has 0 unspecified atom stereocenters. The number of nitrogens with zero attached hydrogens (tertiary/aromatic N) is 2. The minimum absolute atomic E-state index is 0.222. The van der Waals surface area contributed by atoms with E-state index in [1.165, 1.54) is 25.0 Å². The van der Waals surface area contributed by atoms with Crippen molar-refractivity contribution in [2.24, 2.45) is 21.3 Å². The minimum atomic E-state index is -0.447. The smallest absolute Gasteiger partial charge is 0.154 e. The van der Waals surface area contributed by atoms with Crippen molar-refractivity contribution >= 4 is 12.1 Å². The van der Waals surface area contributed by atoms with Gasteiger partial charge in [0.25, 0.3) is 0 Å². The van der Waals surface area contributed by atoms with Crippen LogP contribution in [-0.2, 0) is 6.42 Å². The van der Waals surface area contributed by atoms with Crippen LogP contribution in [0.3, 0.4) is 0 Å². The highest BCUT2D eigenvalue weighted by molar-refractivity contribution is 6.06. The second kappa shape index (κ2) is 8.17. The van der Waals surface area contributed by atoms with E-state index in [2.05, 4.69) is 23.8 Å². The van der Waals surface area contributed by atoms with Crippen LogP contribution in [-0.4, -0.2) is 18.6 Å². The molecule has 2 aromatic rings. The highest BCUT2D eigenvalue weighted by atomic mass is 19.1. The molecule has 0 bridgehead atoms. The largest absolute Gasteiger partial charge is 0.260 e. The Kier molecular flexibility index (Phi) is 5.62. The molecule has 2 aliphatic rings. The van der Waals surface area contributed by atoms with Crippen LogP contribution < -0.4 is 0 Å². The maximum absolute atomic E-state index is 14.8. The van der Waals surface area contributed by atoms with Crippen LogP contribution >= 0.6 is 0 Å². The number of aliphatic imine (C=N–C) groups is 2. The van der Waals surface area contributed by atoms with Crippen LogP contribution in [0.4, 0.5) is 8.78 Å². The second-order valence-electron chi connectivity index (χ2n) is 9.12. The summed E-state index contributed by atoms with van der Waals surface area (Å²) in [5.74, 6) is 0.349. The molecule has 2 nitrogen and oxygen atoms in total. The summed E-state index contributed by atoms with van der Waals surface area (Å²) >= 11 is 0. The lowest BCUT2D eigenvalue weighted by Gasteiger charge is -2.34. The van der Waals surface area contributed by atoms with E-state index < -0.39 is 11.6 Å². The molecule has 29 heavy (non-hydrogen) atoms. The first-order valence-electron chi connectivity index (χ1n) is 10.6. The topological polar surface area (TPSA) is 24.7 Å². The molecule has 0 radical (unpaired) electrons. The molecule has 1 aliphatic carbocycles.